The molecule has 0 heterocycles. The van der Waals surface area contributed by atoms with Gasteiger partial charge in [0.1, 0.15) is 0 Å². The van der Waals surface area contributed by atoms with Gasteiger partial charge in [-0.1, -0.05) is 25.2 Å². The molecule has 0 saturated heterocycles. The van der Waals surface area contributed by atoms with E-state index in [1.165, 1.54) is 17.6 Å². The van der Waals surface area contributed by atoms with Gasteiger partial charge in [0.15, 0.2) is 0 Å². The predicted molar refractivity (Wildman–Crippen MR) is 67.7 cm³/mol. The Morgan fingerprint density at radius 3 is 2.53 bits per heavy atom. The van der Waals surface area contributed by atoms with Gasteiger partial charge in [0.2, 0.25) is 0 Å². The van der Waals surface area contributed by atoms with E-state index in [9.17, 15) is 0 Å². The van der Waals surface area contributed by atoms with Gasteiger partial charge >= 0.3 is 0 Å². The minimum absolute atomic E-state index is 0.310. The third-order valence-electron chi connectivity index (χ3n) is 2.27. The third-order valence-corrected chi connectivity index (χ3v) is 2.27. The summed E-state index contributed by atoms with van der Waals surface area (Å²) < 4.78 is 0. The van der Waals surface area contributed by atoms with Crippen molar-refractivity contribution < 1.29 is 0 Å². The Hall–Kier alpha value is -0.960. The maximum absolute atomic E-state index is 3.42. The Labute approximate surface area is 94.7 Å². The van der Waals surface area contributed by atoms with Gasteiger partial charge in [0.25, 0.3) is 0 Å². The minimum Gasteiger partial charge on any atom is -0.309 e. The second kappa shape index (κ2) is 8.36. The van der Waals surface area contributed by atoms with Crippen molar-refractivity contribution in [1.82, 2.24) is 5.32 Å². The van der Waals surface area contributed by atoms with Gasteiger partial charge in [-0.25, -0.2) is 0 Å². The maximum atomic E-state index is 3.42. The highest BCUT2D eigenvalue weighted by atomic mass is 14.8. The fraction of sp³-hybridized carbons (Fsp3) is 0.643. The average molecular weight is 205 g/mol. The van der Waals surface area contributed by atoms with E-state index >= 15 is 0 Å². The lowest BCUT2D eigenvalue weighted by molar-refractivity contribution is 0.874. The minimum atomic E-state index is 0.310. The summed E-state index contributed by atoms with van der Waals surface area (Å²) in [6.07, 6.45) is 2.32. The van der Waals surface area contributed by atoms with Crippen LogP contribution >= 0.6 is 0 Å². The van der Waals surface area contributed by atoms with E-state index in [2.05, 4.69) is 50.6 Å². The molecule has 0 amide bonds. The molecule has 0 radical (unpaired) electrons. The van der Waals surface area contributed by atoms with Gasteiger partial charge in [-0.2, -0.15) is 0 Å². The molecule has 0 aromatic rings. The van der Waals surface area contributed by atoms with Crippen molar-refractivity contribution in [2.75, 3.05) is 13.6 Å². The summed E-state index contributed by atoms with van der Waals surface area (Å²) in [5, 5.41) is 3.01. The van der Waals surface area contributed by atoms with Crippen molar-refractivity contribution in [3.05, 3.63) is 16.9 Å². The van der Waals surface area contributed by atoms with Crippen LogP contribution in [0.4, 0.5) is 0 Å². The zero-order valence-electron chi connectivity index (χ0n) is 10.7. The molecular formula is C14H23N. The number of hydrogen-bond donors (Lipinski definition) is 1. The van der Waals surface area contributed by atoms with E-state index in [4.69, 9.17) is 0 Å². The molecule has 1 heteroatoms. The molecule has 0 spiro atoms. The van der Waals surface area contributed by atoms with Crippen LogP contribution in [0.5, 0.6) is 0 Å². The molecule has 1 nitrogen and oxygen atoms in total. The second-order valence-corrected chi connectivity index (χ2v) is 3.91. The van der Waals surface area contributed by atoms with Crippen LogP contribution in [0, 0.1) is 17.8 Å². The molecule has 0 fully saturated rings. The topological polar surface area (TPSA) is 12.0 Å². The van der Waals surface area contributed by atoms with Crippen molar-refractivity contribution in [2.24, 2.45) is 5.92 Å². The Balaban J connectivity index is 4.50. The summed E-state index contributed by atoms with van der Waals surface area (Å²) in [5.74, 6) is 6.61. The highest BCUT2D eigenvalue weighted by Crippen LogP contribution is 2.09. The van der Waals surface area contributed by atoms with Crippen molar-refractivity contribution in [1.29, 1.82) is 0 Å². The molecule has 0 aromatic carbocycles. The molecule has 0 aliphatic carbocycles. The van der Waals surface area contributed by atoms with Crippen LogP contribution in [-0.2, 0) is 0 Å². The lowest BCUT2D eigenvalue weighted by Crippen LogP contribution is -2.05. The van der Waals surface area contributed by atoms with E-state index in [0.29, 0.717) is 5.92 Å². The zero-order chi connectivity index (χ0) is 11.7. The van der Waals surface area contributed by atoms with E-state index in [-0.39, 0.29) is 0 Å². The quantitative estimate of drug-likeness (QED) is 0.549. The first-order valence-electron chi connectivity index (χ1n) is 5.67. The molecule has 0 aromatic heterocycles. The summed E-state index contributed by atoms with van der Waals surface area (Å²) >= 11 is 0. The Kier molecular flexibility index (Phi) is 7.82. The molecule has 0 bridgehead atoms. The lowest BCUT2D eigenvalue weighted by atomic mass is 10.0. The highest BCUT2D eigenvalue weighted by Gasteiger charge is 1.98. The summed E-state index contributed by atoms with van der Waals surface area (Å²) in [4.78, 5) is 0. The number of rotatable bonds is 4. The second-order valence-electron chi connectivity index (χ2n) is 3.91. The molecule has 0 saturated carbocycles. The Bertz CT molecular complexity index is 295. The Morgan fingerprint density at radius 2 is 2.00 bits per heavy atom. The Morgan fingerprint density at radius 1 is 1.33 bits per heavy atom. The van der Waals surface area contributed by atoms with Crippen LogP contribution in [0.1, 0.15) is 40.5 Å². The van der Waals surface area contributed by atoms with Gasteiger partial charge in [-0.3, -0.25) is 0 Å². The van der Waals surface area contributed by atoms with Crippen LogP contribution in [0.15, 0.2) is 16.9 Å². The van der Waals surface area contributed by atoms with Gasteiger partial charge in [0, 0.05) is 5.92 Å². The first-order valence-corrected chi connectivity index (χ1v) is 5.67. The van der Waals surface area contributed by atoms with Crippen LogP contribution < -0.4 is 5.32 Å². The summed E-state index contributed by atoms with van der Waals surface area (Å²) in [6.45, 7) is 9.33. The summed E-state index contributed by atoms with van der Waals surface area (Å²) in [5.41, 5.74) is 5.99. The fourth-order valence-electron chi connectivity index (χ4n) is 1.28. The third kappa shape index (κ3) is 7.03. The fourth-order valence-corrected chi connectivity index (χ4v) is 1.28. The highest BCUT2D eigenvalue weighted by molar-refractivity contribution is 5.18. The normalized spacial score (nSPS) is 11.0. The number of hydrogen-bond acceptors (Lipinski definition) is 1. The van der Waals surface area contributed by atoms with E-state index in [0.717, 1.165) is 13.0 Å². The lowest BCUT2D eigenvalue weighted by Gasteiger charge is -2.01. The summed E-state index contributed by atoms with van der Waals surface area (Å²) in [7, 11) is 1.91. The van der Waals surface area contributed by atoms with Crippen LogP contribution in [0.3, 0.4) is 0 Å². The van der Waals surface area contributed by atoms with Crippen LogP contribution in [0.25, 0.3) is 0 Å². The maximum Gasteiger partial charge on any atom is 0.0574 e. The first kappa shape index (κ1) is 14.0. The van der Waals surface area contributed by atoms with Crippen molar-refractivity contribution in [3.63, 3.8) is 0 Å². The molecule has 84 valence electrons. The zero-order valence-corrected chi connectivity index (χ0v) is 10.7. The molecular weight excluding hydrogens is 182 g/mol. The monoisotopic (exact) mass is 205 g/mol. The van der Waals surface area contributed by atoms with Gasteiger partial charge in [0.05, 0.1) is 6.54 Å². The van der Waals surface area contributed by atoms with Crippen LogP contribution in [-0.4, -0.2) is 13.6 Å². The summed E-state index contributed by atoms with van der Waals surface area (Å²) in [6, 6.07) is 0. The average Bonchev–Trinajstić information content (AvgIpc) is 2.18. The molecule has 1 atom stereocenters. The largest absolute Gasteiger partial charge is 0.309 e. The van der Waals surface area contributed by atoms with E-state index in [1.54, 1.807) is 0 Å². The smallest absolute Gasteiger partial charge is 0.0574 e. The van der Waals surface area contributed by atoms with Gasteiger partial charge in [-0.15, -0.1) is 5.73 Å². The van der Waals surface area contributed by atoms with Crippen LogP contribution in [0.2, 0.25) is 0 Å². The predicted octanol–water partition coefficient (Wildman–Crippen LogP) is 3.14. The molecule has 0 aliphatic rings. The SMILES string of the molecule is CCCC(C)=C=C(C)C(C)C#CCNC. The standard InChI is InChI=1S/C14H23N/c1-6-8-12(2)11-14(4)13(3)9-7-10-15-5/h13,15H,6,8,10H2,1-5H3. The van der Waals surface area contributed by atoms with E-state index < -0.39 is 0 Å². The van der Waals surface area contributed by atoms with Crippen molar-refractivity contribution in [3.8, 4) is 11.8 Å². The van der Waals surface area contributed by atoms with Crippen molar-refractivity contribution >= 4 is 0 Å². The van der Waals surface area contributed by atoms with Crippen molar-refractivity contribution in [2.45, 2.75) is 40.5 Å². The molecule has 1 N–H and O–H groups in total. The van der Waals surface area contributed by atoms with E-state index in [1.807, 2.05) is 7.05 Å². The van der Waals surface area contributed by atoms with Gasteiger partial charge in [-0.05, 0) is 45.4 Å². The molecule has 0 rings (SSSR count). The number of allylic oxidation sites excluding steroid dienone is 1. The molecule has 1 unspecified atom stereocenters. The van der Waals surface area contributed by atoms with Gasteiger partial charge < -0.3 is 5.32 Å². The molecule has 15 heavy (non-hydrogen) atoms. The number of nitrogens with one attached hydrogen (secondary N) is 1. The first-order chi connectivity index (χ1) is 7.11. The molecule has 0 aliphatic heterocycles.